The molecule has 2 heterocycles. The summed E-state index contributed by atoms with van der Waals surface area (Å²) in [5.41, 5.74) is 2.27. The van der Waals surface area contributed by atoms with Crippen LogP contribution in [0, 0.1) is 6.92 Å². The molecule has 6 heteroatoms. The Morgan fingerprint density at radius 1 is 1.38 bits per heavy atom. The van der Waals surface area contributed by atoms with Crippen LogP contribution in [0.2, 0.25) is 5.02 Å². The second-order valence-corrected chi connectivity index (χ2v) is 5.44. The standard InChI is InChI=1S/C15H17ClN2O3/c1-9-14(16)11(18(2)17-9)8-12(19)10-4-3-5-13-15(10)21-7-6-20-13/h3-5,12,19H,6-8H2,1-2H3. The molecule has 1 aromatic carbocycles. The van der Waals surface area contributed by atoms with E-state index in [0.717, 1.165) is 11.4 Å². The minimum Gasteiger partial charge on any atom is -0.486 e. The second kappa shape index (κ2) is 5.58. The first-order chi connectivity index (χ1) is 10.1. The van der Waals surface area contributed by atoms with E-state index >= 15 is 0 Å². The van der Waals surface area contributed by atoms with E-state index in [-0.39, 0.29) is 0 Å². The number of ether oxygens (including phenoxy) is 2. The van der Waals surface area contributed by atoms with Gasteiger partial charge in [0, 0.05) is 19.0 Å². The molecule has 1 atom stereocenters. The lowest BCUT2D eigenvalue weighted by Gasteiger charge is -2.23. The molecule has 112 valence electrons. The molecule has 3 rings (SSSR count). The van der Waals surface area contributed by atoms with Crippen molar-refractivity contribution in [2.75, 3.05) is 13.2 Å². The van der Waals surface area contributed by atoms with E-state index < -0.39 is 6.10 Å². The second-order valence-electron chi connectivity index (χ2n) is 5.06. The van der Waals surface area contributed by atoms with Crippen molar-refractivity contribution < 1.29 is 14.6 Å². The highest BCUT2D eigenvalue weighted by molar-refractivity contribution is 6.31. The fraction of sp³-hybridized carbons (Fsp3) is 0.400. The topological polar surface area (TPSA) is 56.5 Å². The zero-order chi connectivity index (χ0) is 15.0. The number of rotatable bonds is 3. The van der Waals surface area contributed by atoms with Gasteiger partial charge in [0.15, 0.2) is 11.5 Å². The van der Waals surface area contributed by atoms with E-state index in [1.165, 1.54) is 0 Å². The van der Waals surface area contributed by atoms with Gasteiger partial charge in [-0.3, -0.25) is 4.68 Å². The maximum Gasteiger partial charge on any atom is 0.167 e. The average Bonchev–Trinajstić information content (AvgIpc) is 2.73. The summed E-state index contributed by atoms with van der Waals surface area (Å²) in [6.07, 6.45) is -0.357. The van der Waals surface area contributed by atoms with Gasteiger partial charge in [0.05, 0.1) is 22.5 Å². The summed E-state index contributed by atoms with van der Waals surface area (Å²) in [7, 11) is 1.82. The molecule has 5 nitrogen and oxygen atoms in total. The Balaban J connectivity index is 1.91. The Kier molecular flexibility index (Phi) is 3.78. The Bertz CT molecular complexity index is 669. The lowest BCUT2D eigenvalue weighted by molar-refractivity contribution is 0.145. The lowest BCUT2D eigenvalue weighted by atomic mass is 10.0. The monoisotopic (exact) mass is 308 g/mol. The molecule has 0 radical (unpaired) electrons. The molecule has 1 aliphatic heterocycles. The summed E-state index contributed by atoms with van der Waals surface area (Å²) >= 11 is 6.24. The van der Waals surface area contributed by atoms with Crippen LogP contribution in [-0.4, -0.2) is 28.1 Å². The summed E-state index contributed by atoms with van der Waals surface area (Å²) in [5.74, 6) is 1.29. The number of hydrogen-bond donors (Lipinski definition) is 1. The first kappa shape index (κ1) is 14.2. The fourth-order valence-electron chi connectivity index (χ4n) is 2.55. The quantitative estimate of drug-likeness (QED) is 0.946. The van der Waals surface area contributed by atoms with Gasteiger partial charge in [-0.05, 0) is 13.0 Å². The number of aromatic nitrogens is 2. The van der Waals surface area contributed by atoms with Gasteiger partial charge in [-0.15, -0.1) is 0 Å². The molecule has 21 heavy (non-hydrogen) atoms. The summed E-state index contributed by atoms with van der Waals surface area (Å²) < 4.78 is 12.9. The third-order valence-corrected chi connectivity index (χ3v) is 4.10. The average molecular weight is 309 g/mol. The highest BCUT2D eigenvalue weighted by Gasteiger charge is 2.23. The molecule has 1 unspecified atom stereocenters. The molecule has 0 saturated heterocycles. The highest BCUT2D eigenvalue weighted by Crippen LogP contribution is 2.38. The van der Waals surface area contributed by atoms with Crippen molar-refractivity contribution >= 4 is 11.6 Å². The molecule has 0 amide bonds. The molecule has 0 aliphatic carbocycles. The number of fused-ring (bicyclic) bond motifs is 1. The van der Waals surface area contributed by atoms with Crippen LogP contribution in [0.1, 0.15) is 23.1 Å². The molecule has 0 bridgehead atoms. The number of aliphatic hydroxyl groups is 1. The van der Waals surface area contributed by atoms with Gasteiger partial charge < -0.3 is 14.6 Å². The van der Waals surface area contributed by atoms with Gasteiger partial charge in [-0.2, -0.15) is 5.10 Å². The zero-order valence-electron chi connectivity index (χ0n) is 12.0. The molecule has 2 aromatic rings. The first-order valence-corrected chi connectivity index (χ1v) is 7.20. The van der Waals surface area contributed by atoms with Crippen LogP contribution in [-0.2, 0) is 13.5 Å². The van der Waals surface area contributed by atoms with Gasteiger partial charge in [0.1, 0.15) is 13.2 Å². The molecular weight excluding hydrogens is 292 g/mol. The third-order valence-electron chi connectivity index (χ3n) is 3.60. The number of aliphatic hydroxyl groups excluding tert-OH is 1. The van der Waals surface area contributed by atoms with Crippen molar-refractivity contribution in [1.82, 2.24) is 9.78 Å². The maximum absolute atomic E-state index is 10.6. The Labute approximate surface area is 128 Å². The summed E-state index contributed by atoms with van der Waals surface area (Å²) in [6, 6.07) is 5.53. The van der Waals surface area contributed by atoms with E-state index in [9.17, 15) is 5.11 Å². The Morgan fingerprint density at radius 3 is 2.86 bits per heavy atom. The van der Waals surface area contributed by atoms with Crippen LogP contribution >= 0.6 is 11.6 Å². The minimum absolute atomic E-state index is 0.371. The molecule has 0 spiro atoms. The predicted octanol–water partition coefficient (Wildman–Crippen LogP) is 2.43. The molecule has 1 aromatic heterocycles. The van der Waals surface area contributed by atoms with Crippen LogP contribution in [0.15, 0.2) is 18.2 Å². The van der Waals surface area contributed by atoms with Gasteiger partial charge in [-0.25, -0.2) is 0 Å². The van der Waals surface area contributed by atoms with E-state index in [1.807, 2.05) is 32.2 Å². The largest absolute Gasteiger partial charge is 0.486 e. The molecule has 1 aliphatic rings. The number of halogens is 1. The molecule has 0 fully saturated rings. The smallest absolute Gasteiger partial charge is 0.167 e. The van der Waals surface area contributed by atoms with Crippen molar-refractivity contribution in [3.63, 3.8) is 0 Å². The SMILES string of the molecule is Cc1nn(C)c(CC(O)c2cccc3c2OCCO3)c1Cl. The van der Waals surface area contributed by atoms with Gasteiger partial charge in [-0.1, -0.05) is 23.7 Å². The van der Waals surface area contributed by atoms with Crippen LogP contribution < -0.4 is 9.47 Å². The fourth-order valence-corrected chi connectivity index (χ4v) is 2.79. The maximum atomic E-state index is 10.6. The number of benzene rings is 1. The van der Waals surface area contributed by atoms with E-state index in [0.29, 0.717) is 41.7 Å². The zero-order valence-corrected chi connectivity index (χ0v) is 12.7. The van der Waals surface area contributed by atoms with E-state index in [2.05, 4.69) is 5.10 Å². The Morgan fingerprint density at radius 2 is 2.14 bits per heavy atom. The van der Waals surface area contributed by atoms with Crippen molar-refractivity contribution in [1.29, 1.82) is 0 Å². The number of aryl methyl sites for hydroxylation is 2. The van der Waals surface area contributed by atoms with E-state index in [1.54, 1.807) is 4.68 Å². The van der Waals surface area contributed by atoms with Crippen molar-refractivity contribution in [2.24, 2.45) is 7.05 Å². The highest BCUT2D eigenvalue weighted by atomic mass is 35.5. The first-order valence-electron chi connectivity index (χ1n) is 6.82. The Hall–Kier alpha value is -1.72. The normalized spacial score (nSPS) is 15.0. The van der Waals surface area contributed by atoms with Crippen LogP contribution in [0.4, 0.5) is 0 Å². The van der Waals surface area contributed by atoms with Crippen LogP contribution in [0.5, 0.6) is 11.5 Å². The number of nitrogens with zero attached hydrogens (tertiary/aromatic N) is 2. The minimum atomic E-state index is -0.728. The number of para-hydroxylation sites is 1. The third kappa shape index (κ3) is 2.59. The lowest BCUT2D eigenvalue weighted by Crippen LogP contribution is -2.18. The summed E-state index contributed by atoms with van der Waals surface area (Å²) in [4.78, 5) is 0. The summed E-state index contributed by atoms with van der Waals surface area (Å²) in [5, 5.41) is 15.4. The van der Waals surface area contributed by atoms with Gasteiger partial charge in [0.2, 0.25) is 0 Å². The predicted molar refractivity (Wildman–Crippen MR) is 79.1 cm³/mol. The van der Waals surface area contributed by atoms with Gasteiger partial charge in [0.25, 0.3) is 0 Å². The van der Waals surface area contributed by atoms with E-state index in [4.69, 9.17) is 21.1 Å². The van der Waals surface area contributed by atoms with Crippen LogP contribution in [0.3, 0.4) is 0 Å². The van der Waals surface area contributed by atoms with Gasteiger partial charge >= 0.3 is 0 Å². The van der Waals surface area contributed by atoms with Crippen LogP contribution in [0.25, 0.3) is 0 Å². The van der Waals surface area contributed by atoms with Crippen molar-refractivity contribution in [3.05, 3.63) is 40.2 Å². The molecular formula is C15H17ClN2O3. The molecule has 1 N–H and O–H groups in total. The van der Waals surface area contributed by atoms with Crippen molar-refractivity contribution in [3.8, 4) is 11.5 Å². The summed E-state index contributed by atoms with van der Waals surface area (Å²) in [6.45, 7) is 2.86. The number of hydrogen-bond acceptors (Lipinski definition) is 4. The molecule has 0 saturated carbocycles. The van der Waals surface area contributed by atoms with Crippen molar-refractivity contribution in [2.45, 2.75) is 19.4 Å².